The molecular weight excluding hydrogens is 246 g/mol. The Morgan fingerprint density at radius 1 is 1.26 bits per heavy atom. The number of rotatable bonds is 5. The van der Waals surface area contributed by atoms with Crippen molar-refractivity contribution in [3.05, 3.63) is 0 Å². The topological polar surface area (TPSA) is 70.7 Å². The minimum absolute atomic E-state index is 0.230. The van der Waals surface area contributed by atoms with Gasteiger partial charge in [-0.1, -0.05) is 0 Å². The van der Waals surface area contributed by atoms with Crippen LogP contribution in [0.1, 0.15) is 32.6 Å². The molecule has 6 nitrogen and oxygen atoms in total. The maximum Gasteiger partial charge on any atom is 0.413 e. The molecule has 2 N–H and O–H groups in total. The average Bonchev–Trinajstić information content (AvgIpc) is 2.38. The van der Waals surface area contributed by atoms with Crippen LogP contribution < -0.4 is 10.6 Å². The molecule has 1 fully saturated rings. The van der Waals surface area contributed by atoms with Gasteiger partial charge < -0.3 is 10.1 Å². The lowest BCUT2D eigenvalue weighted by atomic mass is 9.90. The number of nitrogens with one attached hydrogen (secondary N) is 2. The first-order valence-corrected chi connectivity index (χ1v) is 6.91. The predicted molar refractivity (Wildman–Crippen MR) is 72.9 cm³/mol. The monoisotopic (exact) mass is 271 g/mol. The van der Waals surface area contributed by atoms with Gasteiger partial charge in [-0.25, -0.2) is 4.79 Å². The quantitative estimate of drug-likeness (QED) is 0.771. The maximum atomic E-state index is 11.6. The van der Waals surface area contributed by atoms with Gasteiger partial charge in [0.2, 0.25) is 5.91 Å². The summed E-state index contributed by atoms with van der Waals surface area (Å²) in [5.41, 5.74) is 0. The normalized spacial score (nSPS) is 23.2. The van der Waals surface area contributed by atoms with Crippen molar-refractivity contribution in [3.63, 3.8) is 0 Å². The van der Waals surface area contributed by atoms with Crippen molar-refractivity contribution in [2.75, 3.05) is 27.2 Å². The van der Waals surface area contributed by atoms with Crippen LogP contribution in [-0.2, 0) is 9.53 Å². The number of likely N-dealkylation sites (N-methyl/N-ethyl adjacent to an activating group) is 1. The first-order chi connectivity index (χ1) is 9.06. The molecule has 1 aliphatic rings. The molecule has 0 aromatic rings. The summed E-state index contributed by atoms with van der Waals surface area (Å²) in [6.45, 7) is 2.20. The van der Waals surface area contributed by atoms with E-state index < -0.39 is 6.09 Å². The van der Waals surface area contributed by atoms with Gasteiger partial charge in [-0.3, -0.25) is 15.0 Å². The standard InChI is InChI=1S/C13H25N3O3/c1-4-19-13(18)15-12(17)9-16(3)11-7-5-10(14-2)6-8-11/h10-11,14H,4-9H2,1-3H3,(H,15,17,18). The van der Waals surface area contributed by atoms with Gasteiger partial charge in [-0.05, 0) is 46.7 Å². The number of amides is 2. The molecule has 0 spiro atoms. The highest BCUT2D eigenvalue weighted by molar-refractivity contribution is 5.92. The SMILES string of the molecule is CCOC(=O)NC(=O)CN(C)C1CCC(NC)CC1. The van der Waals surface area contributed by atoms with Crippen molar-refractivity contribution in [2.45, 2.75) is 44.7 Å². The fourth-order valence-electron chi connectivity index (χ4n) is 2.48. The Balaban J connectivity index is 2.28. The number of alkyl carbamates (subject to hydrolysis) is 1. The molecule has 0 aliphatic heterocycles. The van der Waals surface area contributed by atoms with Crippen molar-refractivity contribution >= 4 is 12.0 Å². The number of hydrogen-bond acceptors (Lipinski definition) is 5. The molecule has 0 aromatic carbocycles. The Bertz CT molecular complexity index is 302. The van der Waals surface area contributed by atoms with Gasteiger partial charge in [-0.15, -0.1) is 0 Å². The van der Waals surface area contributed by atoms with E-state index in [0.29, 0.717) is 12.1 Å². The third-order valence-electron chi connectivity index (χ3n) is 3.64. The number of imide groups is 1. The largest absolute Gasteiger partial charge is 0.450 e. The Morgan fingerprint density at radius 2 is 1.89 bits per heavy atom. The number of nitrogens with zero attached hydrogens (tertiary/aromatic N) is 1. The molecule has 0 atom stereocenters. The minimum atomic E-state index is -0.667. The van der Waals surface area contributed by atoms with E-state index in [2.05, 4.69) is 15.4 Å². The lowest BCUT2D eigenvalue weighted by molar-refractivity contribution is -0.121. The van der Waals surface area contributed by atoms with E-state index in [1.807, 2.05) is 19.0 Å². The van der Waals surface area contributed by atoms with Gasteiger partial charge in [0.1, 0.15) is 0 Å². The summed E-state index contributed by atoms with van der Waals surface area (Å²) in [4.78, 5) is 24.8. The van der Waals surface area contributed by atoms with E-state index in [1.54, 1.807) is 6.92 Å². The van der Waals surface area contributed by atoms with Gasteiger partial charge in [-0.2, -0.15) is 0 Å². The van der Waals surface area contributed by atoms with E-state index in [0.717, 1.165) is 25.7 Å². The van der Waals surface area contributed by atoms with Crippen LogP contribution in [0, 0.1) is 0 Å². The zero-order valence-electron chi connectivity index (χ0n) is 12.1. The molecule has 2 amide bonds. The van der Waals surface area contributed by atoms with Gasteiger partial charge in [0.05, 0.1) is 13.2 Å². The molecule has 0 saturated heterocycles. The first kappa shape index (κ1) is 15.9. The van der Waals surface area contributed by atoms with Crippen molar-refractivity contribution in [3.8, 4) is 0 Å². The zero-order chi connectivity index (χ0) is 14.3. The van der Waals surface area contributed by atoms with E-state index in [-0.39, 0.29) is 19.1 Å². The molecule has 1 aliphatic carbocycles. The van der Waals surface area contributed by atoms with Gasteiger partial charge in [0, 0.05) is 12.1 Å². The second kappa shape index (κ2) is 8.12. The molecular formula is C13H25N3O3. The fraction of sp³-hybridized carbons (Fsp3) is 0.846. The van der Waals surface area contributed by atoms with Crippen molar-refractivity contribution in [2.24, 2.45) is 0 Å². The van der Waals surface area contributed by atoms with Crippen LogP contribution in [0.4, 0.5) is 4.79 Å². The van der Waals surface area contributed by atoms with Crippen LogP contribution >= 0.6 is 0 Å². The van der Waals surface area contributed by atoms with Crippen LogP contribution in [-0.4, -0.2) is 56.2 Å². The van der Waals surface area contributed by atoms with Gasteiger partial charge in [0.25, 0.3) is 0 Å². The predicted octanol–water partition coefficient (Wildman–Crippen LogP) is 0.722. The Labute approximate surface area is 114 Å². The van der Waals surface area contributed by atoms with Crippen LogP contribution in [0.3, 0.4) is 0 Å². The summed E-state index contributed by atoms with van der Waals surface area (Å²) in [6.07, 6.45) is 3.75. The number of hydrogen-bond donors (Lipinski definition) is 2. The molecule has 0 heterocycles. The van der Waals surface area contributed by atoms with Gasteiger partial charge in [0.15, 0.2) is 0 Å². The third kappa shape index (κ3) is 5.57. The summed E-state index contributed by atoms with van der Waals surface area (Å²) in [5, 5.41) is 5.50. The van der Waals surface area contributed by atoms with E-state index >= 15 is 0 Å². The van der Waals surface area contributed by atoms with E-state index in [1.165, 1.54) is 0 Å². The summed E-state index contributed by atoms with van der Waals surface area (Å²) >= 11 is 0. The molecule has 0 unspecified atom stereocenters. The Morgan fingerprint density at radius 3 is 2.42 bits per heavy atom. The molecule has 0 radical (unpaired) electrons. The van der Waals surface area contributed by atoms with Crippen molar-refractivity contribution in [1.29, 1.82) is 0 Å². The Hall–Kier alpha value is -1.14. The van der Waals surface area contributed by atoms with Gasteiger partial charge >= 0.3 is 6.09 Å². The lowest BCUT2D eigenvalue weighted by Gasteiger charge is -2.34. The third-order valence-corrected chi connectivity index (χ3v) is 3.64. The van der Waals surface area contributed by atoms with Crippen molar-refractivity contribution < 1.29 is 14.3 Å². The Kier molecular flexibility index (Phi) is 6.80. The number of ether oxygens (including phenoxy) is 1. The zero-order valence-corrected chi connectivity index (χ0v) is 12.1. The number of carbonyl (C=O) groups excluding carboxylic acids is 2. The molecule has 19 heavy (non-hydrogen) atoms. The highest BCUT2D eigenvalue weighted by Crippen LogP contribution is 2.21. The average molecular weight is 271 g/mol. The van der Waals surface area contributed by atoms with E-state index in [9.17, 15) is 9.59 Å². The van der Waals surface area contributed by atoms with Crippen LogP contribution in [0.2, 0.25) is 0 Å². The minimum Gasteiger partial charge on any atom is -0.450 e. The summed E-state index contributed by atoms with van der Waals surface area (Å²) in [6, 6.07) is 1.01. The lowest BCUT2D eigenvalue weighted by Crippen LogP contribution is -2.45. The molecule has 110 valence electrons. The summed E-state index contributed by atoms with van der Waals surface area (Å²) in [5.74, 6) is -0.309. The van der Waals surface area contributed by atoms with Crippen LogP contribution in [0.25, 0.3) is 0 Å². The first-order valence-electron chi connectivity index (χ1n) is 6.91. The summed E-state index contributed by atoms with van der Waals surface area (Å²) < 4.78 is 4.67. The smallest absolute Gasteiger partial charge is 0.413 e. The second-order valence-corrected chi connectivity index (χ2v) is 4.98. The molecule has 0 bridgehead atoms. The summed E-state index contributed by atoms with van der Waals surface area (Å²) in [7, 11) is 3.91. The highest BCUT2D eigenvalue weighted by Gasteiger charge is 2.24. The maximum absolute atomic E-state index is 11.6. The van der Waals surface area contributed by atoms with Crippen LogP contribution in [0.15, 0.2) is 0 Å². The van der Waals surface area contributed by atoms with Crippen LogP contribution in [0.5, 0.6) is 0 Å². The number of carbonyl (C=O) groups is 2. The highest BCUT2D eigenvalue weighted by atomic mass is 16.5. The fourth-order valence-corrected chi connectivity index (χ4v) is 2.48. The molecule has 1 saturated carbocycles. The molecule has 0 aromatic heterocycles. The molecule has 1 rings (SSSR count). The van der Waals surface area contributed by atoms with E-state index in [4.69, 9.17) is 0 Å². The second-order valence-electron chi connectivity index (χ2n) is 4.98. The van der Waals surface area contributed by atoms with Crippen molar-refractivity contribution in [1.82, 2.24) is 15.5 Å². The molecule has 6 heteroatoms.